The highest BCUT2D eigenvalue weighted by Crippen LogP contribution is 2.29. The Labute approximate surface area is 165 Å². The van der Waals surface area contributed by atoms with Crippen molar-refractivity contribution in [2.45, 2.75) is 19.5 Å². The largest absolute Gasteiger partial charge is 0.406 e. The number of anilines is 2. The van der Waals surface area contributed by atoms with Gasteiger partial charge in [0.15, 0.2) is 0 Å². The van der Waals surface area contributed by atoms with E-state index in [9.17, 15) is 13.2 Å². The highest BCUT2D eigenvalue weighted by atomic mass is 19.4. The average molecular weight is 397 g/mol. The predicted octanol–water partition coefficient (Wildman–Crippen LogP) is 5.05. The fourth-order valence-electron chi connectivity index (χ4n) is 3.11. The average Bonchev–Trinajstić information content (AvgIpc) is 3.16. The van der Waals surface area contributed by atoms with Crippen molar-refractivity contribution in [2.24, 2.45) is 0 Å². The van der Waals surface area contributed by atoms with Crippen molar-refractivity contribution in [3.8, 4) is 11.4 Å². The first-order valence-electron chi connectivity index (χ1n) is 9.13. The molecule has 29 heavy (non-hydrogen) atoms. The fourth-order valence-corrected chi connectivity index (χ4v) is 3.11. The number of alkyl halides is 3. The Morgan fingerprint density at radius 1 is 1.00 bits per heavy atom. The monoisotopic (exact) mass is 397 g/mol. The van der Waals surface area contributed by atoms with Crippen LogP contribution in [-0.4, -0.2) is 32.1 Å². The number of hydrogen-bond acceptors (Lipinski definition) is 4. The second-order valence-corrected chi connectivity index (χ2v) is 6.54. The molecule has 0 N–H and O–H groups in total. The van der Waals surface area contributed by atoms with Crippen LogP contribution in [0.3, 0.4) is 0 Å². The van der Waals surface area contributed by atoms with Crippen molar-refractivity contribution in [1.29, 1.82) is 0 Å². The van der Waals surface area contributed by atoms with E-state index >= 15 is 0 Å². The van der Waals surface area contributed by atoms with Gasteiger partial charge < -0.3 is 4.90 Å². The number of hydrogen-bond donors (Lipinski definition) is 0. The van der Waals surface area contributed by atoms with Crippen LogP contribution >= 0.6 is 0 Å². The number of aryl methyl sites for hydroxylation is 1. The van der Waals surface area contributed by atoms with Gasteiger partial charge >= 0.3 is 6.18 Å². The molecule has 5 nitrogen and oxygen atoms in total. The van der Waals surface area contributed by atoms with Crippen LogP contribution in [0.25, 0.3) is 17.0 Å². The lowest BCUT2D eigenvalue weighted by atomic mass is 10.1. The second-order valence-electron chi connectivity index (χ2n) is 6.54. The van der Waals surface area contributed by atoms with Crippen molar-refractivity contribution in [3.63, 3.8) is 0 Å². The van der Waals surface area contributed by atoms with Gasteiger partial charge in [0.05, 0.1) is 17.6 Å². The van der Waals surface area contributed by atoms with Crippen LogP contribution in [0.1, 0.15) is 12.5 Å². The first kappa shape index (κ1) is 18.9. The standard InChI is InChI=1S/C21H18F3N5/c1-2-15-6-8-16(9-7-15)29(14-21(22,23)24)20-25-11-10-17(27-20)18-13-26-19-5-3-4-12-28(18)19/h3-13H,2,14H2,1H3. The van der Waals surface area contributed by atoms with Crippen LogP contribution in [0.4, 0.5) is 24.8 Å². The summed E-state index contributed by atoms with van der Waals surface area (Å²) < 4.78 is 41.7. The molecular weight excluding hydrogens is 379 g/mol. The van der Waals surface area contributed by atoms with Crippen molar-refractivity contribution in [1.82, 2.24) is 19.4 Å². The summed E-state index contributed by atoms with van der Waals surface area (Å²) in [4.78, 5) is 13.9. The topological polar surface area (TPSA) is 46.3 Å². The van der Waals surface area contributed by atoms with E-state index in [1.54, 1.807) is 24.4 Å². The third-order valence-corrected chi connectivity index (χ3v) is 4.56. The summed E-state index contributed by atoms with van der Waals surface area (Å²) in [6.07, 6.45) is 1.33. The number of pyridine rings is 1. The summed E-state index contributed by atoms with van der Waals surface area (Å²) in [5.41, 5.74) is 3.32. The molecule has 0 radical (unpaired) electrons. The Kier molecular flexibility index (Phi) is 4.92. The van der Waals surface area contributed by atoms with E-state index in [1.165, 1.54) is 6.20 Å². The summed E-state index contributed by atoms with van der Waals surface area (Å²) in [5.74, 6) is -0.0186. The van der Waals surface area contributed by atoms with E-state index in [1.807, 2.05) is 47.9 Å². The number of halogens is 3. The molecule has 0 atom stereocenters. The molecular formula is C21H18F3N5. The molecule has 0 fully saturated rings. The van der Waals surface area contributed by atoms with E-state index in [4.69, 9.17) is 0 Å². The normalized spacial score (nSPS) is 11.7. The van der Waals surface area contributed by atoms with Crippen LogP contribution in [0.2, 0.25) is 0 Å². The van der Waals surface area contributed by atoms with Crippen LogP contribution in [0.5, 0.6) is 0 Å². The Bertz CT molecular complexity index is 1120. The Morgan fingerprint density at radius 2 is 1.79 bits per heavy atom. The molecule has 4 rings (SSSR count). The molecule has 0 aliphatic heterocycles. The molecule has 0 saturated carbocycles. The van der Waals surface area contributed by atoms with Gasteiger partial charge in [-0.3, -0.25) is 4.40 Å². The molecule has 4 aromatic rings. The molecule has 0 spiro atoms. The quantitative estimate of drug-likeness (QED) is 0.473. The maximum atomic E-state index is 13.3. The molecule has 3 heterocycles. The zero-order valence-corrected chi connectivity index (χ0v) is 15.6. The summed E-state index contributed by atoms with van der Waals surface area (Å²) in [5, 5.41) is 0. The predicted molar refractivity (Wildman–Crippen MR) is 105 cm³/mol. The zero-order valence-electron chi connectivity index (χ0n) is 15.6. The van der Waals surface area contributed by atoms with Gasteiger partial charge in [0, 0.05) is 18.1 Å². The number of imidazole rings is 1. The third kappa shape index (κ3) is 4.06. The smallest absolute Gasteiger partial charge is 0.301 e. The minimum absolute atomic E-state index is 0.0186. The van der Waals surface area contributed by atoms with Crippen LogP contribution in [0.15, 0.2) is 67.1 Å². The van der Waals surface area contributed by atoms with E-state index in [0.717, 1.165) is 22.5 Å². The first-order valence-corrected chi connectivity index (χ1v) is 9.13. The highest BCUT2D eigenvalue weighted by Gasteiger charge is 2.33. The van der Waals surface area contributed by atoms with Crippen molar-refractivity contribution < 1.29 is 13.2 Å². The second kappa shape index (κ2) is 7.54. The van der Waals surface area contributed by atoms with Gasteiger partial charge in [-0.1, -0.05) is 25.1 Å². The first-order chi connectivity index (χ1) is 13.9. The van der Waals surface area contributed by atoms with E-state index < -0.39 is 12.7 Å². The Hall–Kier alpha value is -3.42. The zero-order chi connectivity index (χ0) is 20.4. The number of aromatic nitrogens is 4. The maximum Gasteiger partial charge on any atom is 0.406 e. The van der Waals surface area contributed by atoms with Crippen LogP contribution in [-0.2, 0) is 6.42 Å². The molecule has 0 amide bonds. The summed E-state index contributed by atoms with van der Waals surface area (Å²) in [6.45, 7) is 0.806. The van der Waals surface area contributed by atoms with E-state index in [0.29, 0.717) is 17.1 Å². The number of benzene rings is 1. The Morgan fingerprint density at radius 3 is 2.52 bits per heavy atom. The Balaban J connectivity index is 1.77. The molecule has 1 aromatic carbocycles. The lowest BCUT2D eigenvalue weighted by molar-refractivity contribution is -0.118. The highest BCUT2D eigenvalue weighted by molar-refractivity contribution is 5.64. The number of nitrogens with zero attached hydrogens (tertiary/aromatic N) is 5. The molecule has 0 saturated heterocycles. The molecule has 0 aliphatic carbocycles. The maximum absolute atomic E-state index is 13.3. The molecule has 148 valence electrons. The minimum atomic E-state index is -4.41. The van der Waals surface area contributed by atoms with E-state index in [2.05, 4.69) is 15.0 Å². The minimum Gasteiger partial charge on any atom is -0.301 e. The van der Waals surface area contributed by atoms with Crippen LogP contribution in [0, 0.1) is 0 Å². The third-order valence-electron chi connectivity index (χ3n) is 4.56. The number of fused-ring (bicyclic) bond motifs is 1. The SMILES string of the molecule is CCc1ccc(N(CC(F)(F)F)c2nccc(-c3cnc4ccccn34)n2)cc1. The van der Waals surface area contributed by atoms with E-state index in [-0.39, 0.29) is 5.95 Å². The van der Waals surface area contributed by atoms with Gasteiger partial charge in [-0.2, -0.15) is 13.2 Å². The van der Waals surface area contributed by atoms with Gasteiger partial charge in [-0.25, -0.2) is 15.0 Å². The fraction of sp³-hybridized carbons (Fsp3) is 0.190. The van der Waals surface area contributed by atoms with Gasteiger partial charge in [0.1, 0.15) is 12.2 Å². The molecule has 0 aliphatic rings. The number of rotatable bonds is 5. The molecule has 8 heteroatoms. The van der Waals surface area contributed by atoms with Gasteiger partial charge in [-0.05, 0) is 42.3 Å². The van der Waals surface area contributed by atoms with Crippen molar-refractivity contribution in [3.05, 3.63) is 72.7 Å². The summed E-state index contributed by atoms with van der Waals surface area (Å²) in [6, 6.07) is 14.2. The van der Waals surface area contributed by atoms with Gasteiger partial charge in [0.25, 0.3) is 0 Å². The molecule has 3 aromatic heterocycles. The van der Waals surface area contributed by atoms with Crippen LogP contribution < -0.4 is 4.90 Å². The van der Waals surface area contributed by atoms with Crippen molar-refractivity contribution >= 4 is 17.3 Å². The molecule has 0 unspecified atom stereocenters. The molecule has 0 bridgehead atoms. The lowest BCUT2D eigenvalue weighted by Crippen LogP contribution is -2.31. The summed E-state index contributed by atoms with van der Waals surface area (Å²) in [7, 11) is 0. The lowest BCUT2D eigenvalue weighted by Gasteiger charge is -2.24. The van der Waals surface area contributed by atoms with Gasteiger partial charge in [0.2, 0.25) is 5.95 Å². The summed E-state index contributed by atoms with van der Waals surface area (Å²) >= 11 is 0. The van der Waals surface area contributed by atoms with Gasteiger partial charge in [-0.15, -0.1) is 0 Å². The van der Waals surface area contributed by atoms with Crippen molar-refractivity contribution in [2.75, 3.05) is 11.4 Å².